The van der Waals surface area contributed by atoms with Crippen molar-refractivity contribution >= 4 is 23.7 Å². The molecule has 0 radical (unpaired) electrons. The van der Waals surface area contributed by atoms with Gasteiger partial charge in [0.2, 0.25) is 5.91 Å². The number of rotatable bonds is 7. The maximum absolute atomic E-state index is 12.6. The van der Waals surface area contributed by atoms with Gasteiger partial charge in [0.1, 0.15) is 11.9 Å². The number of hydrogen-bond donors (Lipinski definition) is 1. The van der Waals surface area contributed by atoms with Gasteiger partial charge in [0.05, 0.1) is 0 Å². The van der Waals surface area contributed by atoms with E-state index in [4.69, 9.17) is 0 Å². The molecule has 2 aliphatic rings. The number of nitrogens with one attached hydrogen (secondary N) is 1. The Morgan fingerprint density at radius 3 is 2.45 bits per heavy atom. The maximum atomic E-state index is 12.6. The van der Waals surface area contributed by atoms with Gasteiger partial charge in [0.15, 0.2) is 0 Å². The number of piperazine rings is 1. The zero-order chi connectivity index (χ0) is 21.6. The van der Waals surface area contributed by atoms with Crippen molar-refractivity contribution in [2.75, 3.05) is 37.6 Å². The molecule has 4 rings (SSSR count). The monoisotopic (exact) mass is 421 g/mol. The number of imide groups is 1. The Morgan fingerprint density at radius 2 is 1.74 bits per heavy atom. The summed E-state index contributed by atoms with van der Waals surface area (Å²) in [6.07, 6.45) is 2.95. The van der Waals surface area contributed by atoms with E-state index in [1.165, 1.54) is 4.90 Å². The van der Waals surface area contributed by atoms with E-state index in [2.05, 4.69) is 15.2 Å². The van der Waals surface area contributed by atoms with Crippen LogP contribution in [0, 0.1) is 0 Å². The first kappa shape index (κ1) is 20.8. The number of aromatic nitrogens is 1. The fraction of sp³-hybridized carbons (Fsp3) is 0.391. The van der Waals surface area contributed by atoms with Gasteiger partial charge in [0, 0.05) is 45.3 Å². The molecule has 1 aromatic heterocycles. The van der Waals surface area contributed by atoms with Gasteiger partial charge in [-0.1, -0.05) is 36.4 Å². The van der Waals surface area contributed by atoms with Crippen LogP contribution in [-0.4, -0.2) is 71.4 Å². The first-order valence-corrected chi connectivity index (χ1v) is 10.7. The highest BCUT2D eigenvalue weighted by molar-refractivity contribution is 6.04. The smallest absolute Gasteiger partial charge is 0.324 e. The summed E-state index contributed by atoms with van der Waals surface area (Å²) in [5.41, 5.74) is 1.08. The number of anilines is 1. The van der Waals surface area contributed by atoms with Gasteiger partial charge in [-0.2, -0.15) is 0 Å². The number of amides is 4. The maximum Gasteiger partial charge on any atom is 0.324 e. The van der Waals surface area contributed by atoms with E-state index in [1.807, 2.05) is 53.4 Å². The Kier molecular flexibility index (Phi) is 6.45. The molecule has 0 spiro atoms. The first-order chi connectivity index (χ1) is 15.1. The van der Waals surface area contributed by atoms with Crippen LogP contribution in [-0.2, 0) is 16.0 Å². The number of carbonyl (C=O) groups excluding carboxylic acids is 3. The third-order valence-electron chi connectivity index (χ3n) is 5.83. The highest BCUT2D eigenvalue weighted by atomic mass is 16.2. The highest BCUT2D eigenvalue weighted by Gasteiger charge is 2.37. The van der Waals surface area contributed by atoms with Gasteiger partial charge in [0.25, 0.3) is 5.91 Å². The molecule has 1 atom stereocenters. The predicted molar refractivity (Wildman–Crippen MR) is 116 cm³/mol. The summed E-state index contributed by atoms with van der Waals surface area (Å²) in [6.45, 7) is 3.06. The molecule has 1 unspecified atom stereocenters. The molecule has 8 heteroatoms. The van der Waals surface area contributed by atoms with Crippen LogP contribution >= 0.6 is 0 Å². The van der Waals surface area contributed by atoms with Crippen molar-refractivity contribution in [3.05, 3.63) is 60.3 Å². The lowest BCUT2D eigenvalue weighted by Crippen LogP contribution is -2.49. The van der Waals surface area contributed by atoms with Crippen LogP contribution in [0.3, 0.4) is 0 Å². The molecule has 3 heterocycles. The van der Waals surface area contributed by atoms with Crippen LogP contribution in [0.15, 0.2) is 54.7 Å². The molecule has 2 fully saturated rings. The van der Waals surface area contributed by atoms with E-state index in [0.717, 1.165) is 24.5 Å². The lowest BCUT2D eigenvalue weighted by atomic mass is 10.1. The number of nitrogens with zero attached hydrogens (tertiary/aromatic N) is 4. The SMILES string of the molecule is O=C(CCC1NC(=O)N(CCc2ccccc2)C1=O)N1CCN(c2ccccn2)CC1. The van der Waals surface area contributed by atoms with Gasteiger partial charge in [-0.3, -0.25) is 14.5 Å². The second-order valence-electron chi connectivity index (χ2n) is 7.82. The minimum absolute atomic E-state index is 0.0189. The van der Waals surface area contributed by atoms with E-state index >= 15 is 0 Å². The van der Waals surface area contributed by atoms with Crippen molar-refractivity contribution in [1.82, 2.24) is 20.1 Å². The van der Waals surface area contributed by atoms with Crippen LogP contribution in [0.4, 0.5) is 10.6 Å². The number of urea groups is 1. The van der Waals surface area contributed by atoms with Crippen LogP contribution in [0.1, 0.15) is 18.4 Å². The third kappa shape index (κ3) is 5.02. The van der Waals surface area contributed by atoms with E-state index in [9.17, 15) is 14.4 Å². The topological polar surface area (TPSA) is 85.8 Å². The summed E-state index contributed by atoms with van der Waals surface area (Å²) in [4.78, 5) is 47.1. The van der Waals surface area contributed by atoms with E-state index in [-0.39, 0.29) is 24.3 Å². The van der Waals surface area contributed by atoms with Crippen LogP contribution < -0.4 is 10.2 Å². The number of hydrogen-bond acceptors (Lipinski definition) is 5. The summed E-state index contributed by atoms with van der Waals surface area (Å²) >= 11 is 0. The van der Waals surface area contributed by atoms with E-state index < -0.39 is 6.04 Å². The normalized spacial score (nSPS) is 19.0. The predicted octanol–water partition coefficient (Wildman–Crippen LogP) is 1.67. The molecule has 2 aromatic rings. The molecule has 1 aromatic carbocycles. The van der Waals surface area contributed by atoms with Gasteiger partial charge in [-0.25, -0.2) is 9.78 Å². The number of carbonyl (C=O) groups is 3. The summed E-state index contributed by atoms with van der Waals surface area (Å²) in [5.74, 6) is 0.698. The molecule has 1 N–H and O–H groups in total. The second-order valence-corrected chi connectivity index (χ2v) is 7.82. The molecule has 0 bridgehead atoms. The minimum Gasteiger partial charge on any atom is -0.353 e. The Hall–Kier alpha value is -3.42. The molecule has 2 saturated heterocycles. The average molecular weight is 422 g/mol. The minimum atomic E-state index is -0.623. The molecule has 0 saturated carbocycles. The van der Waals surface area contributed by atoms with Gasteiger partial charge in [-0.15, -0.1) is 0 Å². The van der Waals surface area contributed by atoms with Crippen LogP contribution in [0.25, 0.3) is 0 Å². The third-order valence-corrected chi connectivity index (χ3v) is 5.83. The van der Waals surface area contributed by atoms with Crippen LogP contribution in [0.5, 0.6) is 0 Å². The Labute approximate surface area is 181 Å². The lowest BCUT2D eigenvalue weighted by Gasteiger charge is -2.35. The molecular weight excluding hydrogens is 394 g/mol. The van der Waals surface area contributed by atoms with E-state index in [1.54, 1.807) is 6.20 Å². The van der Waals surface area contributed by atoms with Crippen molar-refractivity contribution in [1.29, 1.82) is 0 Å². The van der Waals surface area contributed by atoms with E-state index in [0.29, 0.717) is 32.5 Å². The van der Waals surface area contributed by atoms with Crippen molar-refractivity contribution in [2.45, 2.75) is 25.3 Å². The molecule has 0 aliphatic carbocycles. The molecule has 2 aliphatic heterocycles. The summed E-state index contributed by atoms with van der Waals surface area (Å²) in [6, 6.07) is 14.6. The molecule has 162 valence electrons. The Bertz CT molecular complexity index is 913. The quantitative estimate of drug-likeness (QED) is 0.688. The number of benzene rings is 1. The van der Waals surface area contributed by atoms with Crippen molar-refractivity contribution in [2.24, 2.45) is 0 Å². The second kappa shape index (κ2) is 9.59. The number of pyridine rings is 1. The largest absolute Gasteiger partial charge is 0.353 e. The first-order valence-electron chi connectivity index (χ1n) is 10.7. The zero-order valence-electron chi connectivity index (χ0n) is 17.4. The van der Waals surface area contributed by atoms with Gasteiger partial charge in [-0.05, 0) is 30.5 Å². The van der Waals surface area contributed by atoms with Crippen LogP contribution in [0.2, 0.25) is 0 Å². The highest BCUT2D eigenvalue weighted by Crippen LogP contribution is 2.16. The average Bonchev–Trinajstić information content (AvgIpc) is 3.09. The van der Waals surface area contributed by atoms with Crippen molar-refractivity contribution in [3.8, 4) is 0 Å². The molecule has 8 nitrogen and oxygen atoms in total. The zero-order valence-corrected chi connectivity index (χ0v) is 17.4. The fourth-order valence-electron chi connectivity index (χ4n) is 4.02. The van der Waals surface area contributed by atoms with Gasteiger partial charge >= 0.3 is 6.03 Å². The summed E-state index contributed by atoms with van der Waals surface area (Å²) in [5, 5.41) is 2.73. The lowest BCUT2D eigenvalue weighted by molar-refractivity contribution is -0.132. The molecular formula is C23H27N5O3. The summed E-state index contributed by atoms with van der Waals surface area (Å²) < 4.78 is 0. The molecule has 31 heavy (non-hydrogen) atoms. The summed E-state index contributed by atoms with van der Waals surface area (Å²) in [7, 11) is 0. The fourth-order valence-corrected chi connectivity index (χ4v) is 4.02. The Morgan fingerprint density at radius 1 is 1.00 bits per heavy atom. The standard InChI is InChI=1S/C23H27N5O3/c29-21(27-16-14-26(15-17-27)20-8-4-5-12-24-20)10-9-19-22(30)28(23(31)25-19)13-11-18-6-2-1-3-7-18/h1-8,12,19H,9-11,13-17H2,(H,25,31). The van der Waals surface area contributed by atoms with Crippen molar-refractivity contribution < 1.29 is 14.4 Å². The van der Waals surface area contributed by atoms with Crippen molar-refractivity contribution in [3.63, 3.8) is 0 Å². The molecule has 4 amide bonds. The van der Waals surface area contributed by atoms with Gasteiger partial charge < -0.3 is 15.1 Å². The Balaban J connectivity index is 1.22.